The van der Waals surface area contributed by atoms with Crippen LogP contribution in [-0.4, -0.2) is 17.7 Å². The molecule has 0 fully saturated rings. The molecule has 1 N–H and O–H groups in total. The highest BCUT2D eigenvalue weighted by molar-refractivity contribution is 9.10. The number of hydrogen-bond donors (Lipinski definition) is 1. The molecule has 0 bridgehead atoms. The summed E-state index contributed by atoms with van der Waals surface area (Å²) in [6, 6.07) is 4.35. The van der Waals surface area contributed by atoms with Crippen molar-refractivity contribution in [3.8, 4) is 0 Å². The van der Waals surface area contributed by atoms with E-state index in [1.165, 1.54) is 18.2 Å². The lowest BCUT2D eigenvalue weighted by Crippen LogP contribution is -2.16. The molecule has 82 valence electrons. The third kappa shape index (κ3) is 2.76. The summed E-state index contributed by atoms with van der Waals surface area (Å²) in [4.78, 5) is 11.2. The molecule has 0 heterocycles. The van der Waals surface area contributed by atoms with Crippen LogP contribution in [0.25, 0.3) is 0 Å². The van der Waals surface area contributed by atoms with Gasteiger partial charge in [-0.2, -0.15) is 0 Å². The second kappa shape index (κ2) is 5.23. The van der Waals surface area contributed by atoms with Gasteiger partial charge in [0, 0.05) is 5.56 Å². The SMILES string of the molecule is CCOC(=O)C(O)c1cccc(Br)c1F. The fourth-order valence-corrected chi connectivity index (χ4v) is 1.46. The lowest BCUT2D eigenvalue weighted by molar-refractivity contribution is -0.153. The molecule has 0 saturated heterocycles. The number of carbonyl (C=O) groups is 1. The molecular formula is C10H10BrFO3. The van der Waals surface area contributed by atoms with E-state index in [1.54, 1.807) is 6.92 Å². The summed E-state index contributed by atoms with van der Waals surface area (Å²) in [5.41, 5.74) is -0.0946. The molecule has 0 radical (unpaired) electrons. The van der Waals surface area contributed by atoms with Gasteiger partial charge in [-0.05, 0) is 28.9 Å². The molecule has 0 saturated carbocycles. The Kier molecular flexibility index (Phi) is 4.23. The van der Waals surface area contributed by atoms with Crippen LogP contribution in [0.2, 0.25) is 0 Å². The molecular weight excluding hydrogens is 267 g/mol. The van der Waals surface area contributed by atoms with Gasteiger partial charge in [0.2, 0.25) is 0 Å². The fourth-order valence-electron chi connectivity index (χ4n) is 1.08. The summed E-state index contributed by atoms with van der Waals surface area (Å²) < 4.78 is 18.2. The van der Waals surface area contributed by atoms with Gasteiger partial charge < -0.3 is 9.84 Å². The third-order valence-electron chi connectivity index (χ3n) is 1.79. The van der Waals surface area contributed by atoms with Crippen molar-refractivity contribution in [2.45, 2.75) is 13.0 Å². The zero-order valence-corrected chi connectivity index (χ0v) is 9.62. The molecule has 0 aromatic heterocycles. The molecule has 0 spiro atoms. The Labute approximate surface area is 95.0 Å². The van der Waals surface area contributed by atoms with Gasteiger partial charge in [-0.3, -0.25) is 0 Å². The number of ether oxygens (including phenoxy) is 1. The third-order valence-corrected chi connectivity index (χ3v) is 2.40. The smallest absolute Gasteiger partial charge is 0.339 e. The van der Waals surface area contributed by atoms with Crippen molar-refractivity contribution in [1.82, 2.24) is 0 Å². The zero-order valence-electron chi connectivity index (χ0n) is 8.04. The summed E-state index contributed by atoms with van der Waals surface area (Å²) in [6.45, 7) is 1.76. The number of hydrogen-bond acceptors (Lipinski definition) is 3. The molecule has 0 aliphatic rings. The topological polar surface area (TPSA) is 46.5 Å². The second-order valence-corrected chi connectivity index (χ2v) is 3.65. The van der Waals surface area contributed by atoms with Crippen molar-refractivity contribution >= 4 is 21.9 Å². The van der Waals surface area contributed by atoms with E-state index < -0.39 is 17.9 Å². The number of aliphatic hydroxyl groups excluding tert-OH is 1. The standard InChI is InChI=1S/C10H10BrFO3/c1-2-15-10(14)9(13)6-4-3-5-7(11)8(6)12/h3-5,9,13H,2H2,1H3. The van der Waals surface area contributed by atoms with Crippen LogP contribution in [0.1, 0.15) is 18.6 Å². The molecule has 1 aromatic carbocycles. The first-order valence-corrected chi connectivity index (χ1v) is 5.15. The van der Waals surface area contributed by atoms with Crippen LogP contribution in [0.15, 0.2) is 22.7 Å². The highest BCUT2D eigenvalue weighted by Crippen LogP contribution is 2.24. The van der Waals surface area contributed by atoms with Crippen LogP contribution in [0.4, 0.5) is 4.39 Å². The van der Waals surface area contributed by atoms with Crippen molar-refractivity contribution < 1.29 is 19.0 Å². The van der Waals surface area contributed by atoms with E-state index in [9.17, 15) is 14.3 Å². The average Bonchev–Trinajstić information content (AvgIpc) is 2.21. The zero-order chi connectivity index (χ0) is 11.4. The number of rotatable bonds is 3. The molecule has 0 aliphatic carbocycles. The maximum atomic E-state index is 13.4. The highest BCUT2D eigenvalue weighted by atomic mass is 79.9. The summed E-state index contributed by atoms with van der Waals surface area (Å²) >= 11 is 2.96. The van der Waals surface area contributed by atoms with Gasteiger partial charge >= 0.3 is 5.97 Å². The van der Waals surface area contributed by atoms with Gasteiger partial charge in [0.05, 0.1) is 11.1 Å². The van der Waals surface area contributed by atoms with E-state index in [2.05, 4.69) is 20.7 Å². The maximum Gasteiger partial charge on any atom is 0.339 e. The van der Waals surface area contributed by atoms with Crippen LogP contribution in [0, 0.1) is 5.82 Å². The Bertz CT molecular complexity index is 368. The Balaban J connectivity index is 2.96. The minimum absolute atomic E-state index is 0.0946. The van der Waals surface area contributed by atoms with E-state index in [0.29, 0.717) is 0 Å². The monoisotopic (exact) mass is 276 g/mol. The number of benzene rings is 1. The first-order chi connectivity index (χ1) is 7.07. The molecule has 15 heavy (non-hydrogen) atoms. The summed E-state index contributed by atoms with van der Waals surface area (Å²) in [5, 5.41) is 9.49. The van der Waals surface area contributed by atoms with Gasteiger partial charge in [-0.1, -0.05) is 12.1 Å². The van der Waals surface area contributed by atoms with E-state index >= 15 is 0 Å². The Morgan fingerprint density at radius 2 is 2.33 bits per heavy atom. The molecule has 0 aliphatic heterocycles. The van der Waals surface area contributed by atoms with Crippen LogP contribution in [0.3, 0.4) is 0 Å². The van der Waals surface area contributed by atoms with Crippen molar-refractivity contribution in [3.63, 3.8) is 0 Å². The quantitative estimate of drug-likeness (QED) is 0.861. The largest absolute Gasteiger partial charge is 0.464 e. The average molecular weight is 277 g/mol. The van der Waals surface area contributed by atoms with Crippen molar-refractivity contribution in [3.05, 3.63) is 34.1 Å². The number of esters is 1. The van der Waals surface area contributed by atoms with Gasteiger partial charge in [-0.25, -0.2) is 9.18 Å². The number of aliphatic hydroxyl groups is 1. The highest BCUT2D eigenvalue weighted by Gasteiger charge is 2.22. The minimum atomic E-state index is -1.58. The Morgan fingerprint density at radius 3 is 2.93 bits per heavy atom. The van der Waals surface area contributed by atoms with Crippen LogP contribution in [0.5, 0.6) is 0 Å². The number of halogens is 2. The first kappa shape index (κ1) is 12.1. The predicted molar refractivity (Wildman–Crippen MR) is 55.7 cm³/mol. The lowest BCUT2D eigenvalue weighted by Gasteiger charge is -2.11. The molecule has 0 amide bonds. The van der Waals surface area contributed by atoms with Crippen LogP contribution >= 0.6 is 15.9 Å². The second-order valence-electron chi connectivity index (χ2n) is 2.80. The molecule has 5 heteroatoms. The van der Waals surface area contributed by atoms with Gasteiger partial charge in [0.15, 0.2) is 6.10 Å². The van der Waals surface area contributed by atoms with E-state index in [-0.39, 0.29) is 16.6 Å². The number of carbonyl (C=O) groups excluding carboxylic acids is 1. The van der Waals surface area contributed by atoms with Crippen molar-refractivity contribution in [2.24, 2.45) is 0 Å². The molecule has 3 nitrogen and oxygen atoms in total. The molecule has 1 unspecified atom stereocenters. The van der Waals surface area contributed by atoms with Crippen LogP contribution < -0.4 is 0 Å². The Hall–Kier alpha value is -0.940. The van der Waals surface area contributed by atoms with Gasteiger partial charge in [-0.15, -0.1) is 0 Å². The van der Waals surface area contributed by atoms with Crippen molar-refractivity contribution in [1.29, 1.82) is 0 Å². The molecule has 1 aromatic rings. The van der Waals surface area contributed by atoms with E-state index in [4.69, 9.17) is 0 Å². The molecule has 1 atom stereocenters. The van der Waals surface area contributed by atoms with Gasteiger partial charge in [0.25, 0.3) is 0 Å². The van der Waals surface area contributed by atoms with Gasteiger partial charge in [0.1, 0.15) is 5.82 Å². The normalized spacial score (nSPS) is 12.3. The van der Waals surface area contributed by atoms with Crippen LogP contribution in [-0.2, 0) is 9.53 Å². The first-order valence-electron chi connectivity index (χ1n) is 4.36. The summed E-state index contributed by atoms with van der Waals surface area (Å²) in [5.74, 6) is -1.51. The lowest BCUT2D eigenvalue weighted by atomic mass is 10.1. The molecule has 1 rings (SSSR count). The minimum Gasteiger partial charge on any atom is -0.464 e. The van der Waals surface area contributed by atoms with E-state index in [1.807, 2.05) is 0 Å². The van der Waals surface area contributed by atoms with Crippen molar-refractivity contribution in [2.75, 3.05) is 6.61 Å². The van der Waals surface area contributed by atoms with E-state index in [0.717, 1.165) is 0 Å². The summed E-state index contributed by atoms with van der Waals surface area (Å²) in [6.07, 6.45) is -1.58. The summed E-state index contributed by atoms with van der Waals surface area (Å²) in [7, 11) is 0. The Morgan fingerprint density at radius 1 is 1.67 bits per heavy atom. The maximum absolute atomic E-state index is 13.4. The fraction of sp³-hybridized carbons (Fsp3) is 0.300. The predicted octanol–water partition coefficient (Wildman–Crippen LogP) is 2.18.